The molecule has 0 spiro atoms. The van der Waals surface area contributed by atoms with E-state index < -0.39 is 0 Å². The standard InChI is InChI=1S/C11H14BrNO4/c1-4-17-13-11(14)8-5-7(15-2)6-9(12)10(8)16-3/h5-6H,4H2,1-3H3,(H,13,14). The number of hydrogen-bond acceptors (Lipinski definition) is 4. The van der Waals surface area contributed by atoms with Gasteiger partial charge in [0, 0.05) is 0 Å². The van der Waals surface area contributed by atoms with E-state index >= 15 is 0 Å². The van der Waals surface area contributed by atoms with E-state index in [0.717, 1.165) is 0 Å². The van der Waals surface area contributed by atoms with E-state index in [9.17, 15) is 4.79 Å². The smallest absolute Gasteiger partial charge is 0.278 e. The summed E-state index contributed by atoms with van der Waals surface area (Å²) in [4.78, 5) is 16.7. The molecule has 1 aromatic rings. The van der Waals surface area contributed by atoms with Crippen molar-refractivity contribution in [3.05, 3.63) is 22.2 Å². The average molecular weight is 304 g/mol. The second kappa shape index (κ2) is 6.46. The van der Waals surface area contributed by atoms with Crippen LogP contribution in [0.2, 0.25) is 0 Å². The van der Waals surface area contributed by atoms with E-state index in [0.29, 0.717) is 28.1 Å². The first-order chi connectivity index (χ1) is 8.13. The van der Waals surface area contributed by atoms with E-state index in [2.05, 4.69) is 21.4 Å². The van der Waals surface area contributed by atoms with Crippen molar-refractivity contribution in [2.75, 3.05) is 20.8 Å². The third-order valence-electron chi connectivity index (χ3n) is 2.01. The SMILES string of the molecule is CCONC(=O)c1cc(OC)cc(Br)c1OC. The summed E-state index contributed by atoms with van der Waals surface area (Å²) in [6.07, 6.45) is 0. The highest BCUT2D eigenvalue weighted by Gasteiger charge is 2.17. The first kappa shape index (κ1) is 13.8. The Morgan fingerprint density at radius 3 is 2.59 bits per heavy atom. The predicted molar refractivity (Wildman–Crippen MR) is 66.3 cm³/mol. The quantitative estimate of drug-likeness (QED) is 0.847. The van der Waals surface area contributed by atoms with Gasteiger partial charge in [0.1, 0.15) is 11.5 Å². The van der Waals surface area contributed by atoms with Gasteiger partial charge in [0.15, 0.2) is 0 Å². The number of carbonyl (C=O) groups excluding carboxylic acids is 1. The zero-order valence-electron chi connectivity index (χ0n) is 9.87. The fourth-order valence-electron chi connectivity index (χ4n) is 1.26. The minimum absolute atomic E-state index is 0.340. The molecule has 0 heterocycles. The maximum absolute atomic E-state index is 11.8. The summed E-state index contributed by atoms with van der Waals surface area (Å²) in [5, 5.41) is 0. The van der Waals surface area contributed by atoms with Crippen LogP contribution in [-0.4, -0.2) is 26.7 Å². The van der Waals surface area contributed by atoms with Crippen molar-refractivity contribution in [3.63, 3.8) is 0 Å². The Hall–Kier alpha value is -1.27. The minimum Gasteiger partial charge on any atom is -0.497 e. The Labute approximate surface area is 108 Å². The summed E-state index contributed by atoms with van der Waals surface area (Å²) in [5.74, 6) is 0.602. The van der Waals surface area contributed by atoms with Gasteiger partial charge in [-0.05, 0) is 35.0 Å². The number of hydrogen-bond donors (Lipinski definition) is 1. The molecule has 0 aliphatic rings. The van der Waals surface area contributed by atoms with E-state index in [-0.39, 0.29) is 5.91 Å². The molecule has 1 rings (SSSR count). The molecule has 17 heavy (non-hydrogen) atoms. The number of amides is 1. The van der Waals surface area contributed by atoms with Crippen molar-refractivity contribution in [1.29, 1.82) is 0 Å². The number of hydroxylamine groups is 1. The molecule has 0 aliphatic carbocycles. The molecule has 0 aromatic heterocycles. The molecular weight excluding hydrogens is 290 g/mol. The highest BCUT2D eigenvalue weighted by Crippen LogP contribution is 2.33. The van der Waals surface area contributed by atoms with Crippen LogP contribution in [0.5, 0.6) is 11.5 Å². The molecule has 1 N–H and O–H groups in total. The Morgan fingerprint density at radius 2 is 2.06 bits per heavy atom. The van der Waals surface area contributed by atoms with E-state index in [1.54, 1.807) is 19.1 Å². The first-order valence-corrected chi connectivity index (χ1v) is 5.77. The second-order valence-electron chi connectivity index (χ2n) is 3.05. The van der Waals surface area contributed by atoms with Crippen molar-refractivity contribution in [2.45, 2.75) is 6.92 Å². The summed E-state index contributed by atoms with van der Waals surface area (Å²) in [6, 6.07) is 3.30. The van der Waals surface area contributed by atoms with Crippen molar-refractivity contribution < 1.29 is 19.1 Å². The molecule has 0 fully saturated rings. The number of benzene rings is 1. The predicted octanol–water partition coefficient (Wildman–Crippen LogP) is 2.15. The summed E-state index contributed by atoms with van der Waals surface area (Å²) in [7, 11) is 3.02. The molecule has 0 atom stereocenters. The van der Waals surface area contributed by atoms with Gasteiger partial charge in [-0.3, -0.25) is 9.63 Å². The van der Waals surface area contributed by atoms with Crippen molar-refractivity contribution in [2.24, 2.45) is 0 Å². The Bertz CT molecular complexity index is 409. The molecule has 0 saturated heterocycles. The zero-order chi connectivity index (χ0) is 12.8. The molecular formula is C11H14BrNO4. The third-order valence-corrected chi connectivity index (χ3v) is 2.60. The third kappa shape index (κ3) is 3.34. The molecule has 0 aliphatic heterocycles. The van der Waals surface area contributed by atoms with Gasteiger partial charge in [0.05, 0.1) is 30.9 Å². The van der Waals surface area contributed by atoms with Crippen LogP contribution in [0.1, 0.15) is 17.3 Å². The van der Waals surface area contributed by atoms with Crippen LogP contribution >= 0.6 is 15.9 Å². The molecule has 1 aromatic carbocycles. The molecule has 6 heteroatoms. The summed E-state index contributed by atoms with van der Waals surface area (Å²) in [6.45, 7) is 2.16. The summed E-state index contributed by atoms with van der Waals surface area (Å²) < 4.78 is 10.9. The molecule has 0 bridgehead atoms. The van der Waals surface area contributed by atoms with Crippen LogP contribution in [0.3, 0.4) is 0 Å². The zero-order valence-corrected chi connectivity index (χ0v) is 11.5. The Balaban J connectivity index is 3.10. The highest BCUT2D eigenvalue weighted by molar-refractivity contribution is 9.10. The van der Waals surface area contributed by atoms with Gasteiger partial charge in [-0.25, -0.2) is 5.48 Å². The van der Waals surface area contributed by atoms with Gasteiger partial charge >= 0.3 is 0 Å². The van der Waals surface area contributed by atoms with Gasteiger partial charge in [-0.1, -0.05) is 0 Å². The average Bonchev–Trinajstić information content (AvgIpc) is 2.34. The van der Waals surface area contributed by atoms with Crippen molar-refractivity contribution in [3.8, 4) is 11.5 Å². The van der Waals surface area contributed by atoms with Crippen LogP contribution in [-0.2, 0) is 4.84 Å². The number of rotatable bonds is 5. The van der Waals surface area contributed by atoms with Crippen molar-refractivity contribution >= 4 is 21.8 Å². The maximum atomic E-state index is 11.8. The van der Waals surface area contributed by atoms with Crippen molar-refractivity contribution in [1.82, 2.24) is 5.48 Å². The number of methoxy groups -OCH3 is 2. The van der Waals surface area contributed by atoms with Crippen LogP contribution in [0.15, 0.2) is 16.6 Å². The minimum atomic E-state index is -0.386. The van der Waals surface area contributed by atoms with E-state index in [4.69, 9.17) is 14.3 Å². The molecule has 94 valence electrons. The lowest BCUT2D eigenvalue weighted by atomic mass is 10.2. The van der Waals surface area contributed by atoms with Gasteiger partial charge < -0.3 is 9.47 Å². The summed E-state index contributed by atoms with van der Waals surface area (Å²) in [5.41, 5.74) is 2.65. The fourth-order valence-corrected chi connectivity index (χ4v) is 1.86. The van der Waals surface area contributed by atoms with Crippen LogP contribution in [0, 0.1) is 0 Å². The van der Waals surface area contributed by atoms with E-state index in [1.807, 2.05) is 0 Å². The second-order valence-corrected chi connectivity index (χ2v) is 3.91. The van der Waals surface area contributed by atoms with E-state index in [1.165, 1.54) is 14.2 Å². The lowest BCUT2D eigenvalue weighted by Crippen LogP contribution is -2.24. The Kier molecular flexibility index (Phi) is 5.24. The first-order valence-electron chi connectivity index (χ1n) is 4.97. The molecule has 0 radical (unpaired) electrons. The van der Waals surface area contributed by atoms with Gasteiger partial charge in [-0.2, -0.15) is 0 Å². The number of halogens is 1. The van der Waals surface area contributed by atoms with Gasteiger partial charge in [0.25, 0.3) is 5.91 Å². The lowest BCUT2D eigenvalue weighted by molar-refractivity contribution is 0.0362. The monoisotopic (exact) mass is 303 g/mol. The van der Waals surface area contributed by atoms with Crippen LogP contribution in [0.25, 0.3) is 0 Å². The molecule has 5 nitrogen and oxygen atoms in total. The Morgan fingerprint density at radius 1 is 1.35 bits per heavy atom. The fraction of sp³-hybridized carbons (Fsp3) is 0.364. The lowest BCUT2D eigenvalue weighted by Gasteiger charge is -2.12. The number of nitrogens with one attached hydrogen (secondary N) is 1. The maximum Gasteiger partial charge on any atom is 0.278 e. The molecule has 0 saturated carbocycles. The number of carbonyl (C=O) groups is 1. The molecule has 1 amide bonds. The van der Waals surface area contributed by atoms with Gasteiger partial charge in [0.2, 0.25) is 0 Å². The largest absolute Gasteiger partial charge is 0.497 e. The number of ether oxygens (including phenoxy) is 2. The van der Waals surface area contributed by atoms with Gasteiger partial charge in [-0.15, -0.1) is 0 Å². The normalized spacial score (nSPS) is 9.88. The van der Waals surface area contributed by atoms with Crippen LogP contribution in [0.4, 0.5) is 0 Å². The summed E-state index contributed by atoms with van der Waals surface area (Å²) >= 11 is 3.31. The topological polar surface area (TPSA) is 56.8 Å². The highest BCUT2D eigenvalue weighted by atomic mass is 79.9. The molecule has 0 unspecified atom stereocenters. The van der Waals surface area contributed by atoms with Crippen LogP contribution < -0.4 is 15.0 Å².